The molecular weight excluding hydrogens is 446 g/mol. The molecule has 7 nitrogen and oxygen atoms in total. The summed E-state index contributed by atoms with van der Waals surface area (Å²) in [7, 11) is -3.58. The van der Waals surface area contributed by atoms with E-state index in [0.717, 1.165) is 29.8 Å². The Bertz CT molecular complexity index is 1110. The second-order valence-corrected chi connectivity index (χ2v) is 10.9. The lowest BCUT2D eigenvalue weighted by Gasteiger charge is -2.26. The maximum atomic E-state index is 12.9. The molecule has 1 unspecified atom stereocenters. The molecule has 2 fully saturated rings. The van der Waals surface area contributed by atoms with Gasteiger partial charge in [-0.05, 0) is 55.5 Å². The third-order valence-corrected chi connectivity index (χ3v) is 8.54. The van der Waals surface area contributed by atoms with Crippen LogP contribution in [0.15, 0.2) is 58.3 Å². The number of nitrogens with zero attached hydrogens (tertiary/aromatic N) is 2. The van der Waals surface area contributed by atoms with Gasteiger partial charge < -0.3 is 10.2 Å². The van der Waals surface area contributed by atoms with Crippen LogP contribution in [-0.2, 0) is 19.6 Å². The van der Waals surface area contributed by atoms with Crippen molar-refractivity contribution in [1.29, 1.82) is 0 Å². The molecule has 0 radical (unpaired) electrons. The molecule has 2 aliphatic rings. The van der Waals surface area contributed by atoms with Gasteiger partial charge in [-0.3, -0.25) is 9.59 Å². The summed E-state index contributed by atoms with van der Waals surface area (Å²) in [4.78, 5) is 28.3. The number of sulfonamides is 1. The normalized spacial score (nSPS) is 19.8. The number of hydrogen-bond donors (Lipinski definition) is 1. The minimum Gasteiger partial charge on any atom is -0.326 e. The molecule has 2 aliphatic heterocycles. The van der Waals surface area contributed by atoms with E-state index in [-0.39, 0.29) is 23.1 Å². The van der Waals surface area contributed by atoms with E-state index < -0.39 is 15.9 Å². The van der Waals surface area contributed by atoms with Crippen LogP contribution in [0.3, 0.4) is 0 Å². The Balaban J connectivity index is 1.45. The van der Waals surface area contributed by atoms with Crippen LogP contribution in [0.1, 0.15) is 25.7 Å². The number of carbonyl (C=O) groups excluding carboxylic acids is 2. The van der Waals surface area contributed by atoms with E-state index in [4.69, 9.17) is 0 Å². The van der Waals surface area contributed by atoms with E-state index in [2.05, 4.69) is 5.32 Å². The van der Waals surface area contributed by atoms with Gasteiger partial charge in [-0.25, -0.2) is 8.42 Å². The van der Waals surface area contributed by atoms with Crippen LogP contribution in [0.4, 0.5) is 11.4 Å². The molecule has 1 atom stereocenters. The molecular formula is C23H27N3O4S2. The molecule has 2 aromatic carbocycles. The van der Waals surface area contributed by atoms with E-state index in [1.165, 1.54) is 10.4 Å². The van der Waals surface area contributed by atoms with Crippen LogP contribution in [-0.4, -0.2) is 50.4 Å². The van der Waals surface area contributed by atoms with Crippen molar-refractivity contribution in [2.24, 2.45) is 5.92 Å². The summed E-state index contributed by atoms with van der Waals surface area (Å²) in [6, 6.07) is 14.0. The minimum atomic E-state index is -3.58. The van der Waals surface area contributed by atoms with Gasteiger partial charge in [0.15, 0.2) is 0 Å². The highest BCUT2D eigenvalue weighted by atomic mass is 32.2. The van der Waals surface area contributed by atoms with Crippen molar-refractivity contribution in [2.75, 3.05) is 36.1 Å². The Labute approximate surface area is 193 Å². The fourth-order valence-corrected chi connectivity index (χ4v) is 6.16. The molecule has 4 rings (SSSR count). The second-order valence-electron chi connectivity index (χ2n) is 8.09. The molecule has 0 aromatic heterocycles. The number of amides is 2. The third-order valence-electron chi connectivity index (χ3n) is 5.92. The number of carbonyl (C=O) groups is 2. The Morgan fingerprint density at radius 3 is 2.56 bits per heavy atom. The van der Waals surface area contributed by atoms with Gasteiger partial charge in [-0.15, -0.1) is 11.8 Å². The summed E-state index contributed by atoms with van der Waals surface area (Å²) in [6.45, 7) is 1.35. The molecule has 0 saturated carbocycles. The van der Waals surface area contributed by atoms with Crippen LogP contribution in [0.2, 0.25) is 0 Å². The van der Waals surface area contributed by atoms with Crippen molar-refractivity contribution in [3.05, 3.63) is 48.5 Å². The third kappa shape index (κ3) is 4.84. The van der Waals surface area contributed by atoms with Crippen molar-refractivity contribution in [1.82, 2.24) is 4.31 Å². The Kier molecular flexibility index (Phi) is 6.88. The lowest BCUT2D eigenvalue weighted by atomic mass is 10.1. The zero-order valence-corrected chi connectivity index (χ0v) is 19.6. The van der Waals surface area contributed by atoms with Gasteiger partial charge in [0, 0.05) is 42.3 Å². The van der Waals surface area contributed by atoms with Gasteiger partial charge in [0.25, 0.3) is 0 Å². The monoisotopic (exact) mass is 473 g/mol. The smallest absolute Gasteiger partial charge is 0.243 e. The van der Waals surface area contributed by atoms with Crippen LogP contribution < -0.4 is 10.2 Å². The SMILES string of the molecule is CSc1cccc(N2CC(C(=O)Nc3cccc(S(=O)(=O)N4CCCCC4)c3)CC2=O)c1. The van der Waals surface area contributed by atoms with Crippen molar-refractivity contribution in [3.8, 4) is 0 Å². The number of benzene rings is 2. The topological polar surface area (TPSA) is 86.8 Å². The lowest BCUT2D eigenvalue weighted by molar-refractivity contribution is -0.122. The van der Waals surface area contributed by atoms with Crippen molar-refractivity contribution >= 4 is 45.0 Å². The molecule has 2 aromatic rings. The molecule has 0 bridgehead atoms. The quantitative estimate of drug-likeness (QED) is 0.648. The first-order valence-electron chi connectivity index (χ1n) is 10.7. The Hall–Kier alpha value is -2.36. The fraction of sp³-hybridized carbons (Fsp3) is 0.391. The minimum absolute atomic E-state index is 0.0927. The molecule has 2 saturated heterocycles. The molecule has 0 spiro atoms. The molecule has 32 heavy (non-hydrogen) atoms. The van der Waals surface area contributed by atoms with Crippen molar-refractivity contribution in [3.63, 3.8) is 0 Å². The fourth-order valence-electron chi connectivity index (χ4n) is 4.14. The maximum Gasteiger partial charge on any atom is 0.243 e. The van der Waals surface area contributed by atoms with Gasteiger partial charge in [0.2, 0.25) is 21.8 Å². The highest BCUT2D eigenvalue weighted by Gasteiger charge is 2.35. The first kappa shape index (κ1) is 22.8. The molecule has 2 heterocycles. The van der Waals surface area contributed by atoms with E-state index >= 15 is 0 Å². The average Bonchev–Trinajstić information content (AvgIpc) is 3.21. The summed E-state index contributed by atoms with van der Waals surface area (Å²) in [5, 5.41) is 2.81. The van der Waals surface area contributed by atoms with Crippen LogP contribution in [0.25, 0.3) is 0 Å². The predicted molar refractivity (Wildman–Crippen MR) is 126 cm³/mol. The molecule has 1 N–H and O–H groups in total. The maximum absolute atomic E-state index is 12.9. The average molecular weight is 474 g/mol. The number of thioether (sulfide) groups is 1. The van der Waals surface area contributed by atoms with Crippen LogP contribution in [0, 0.1) is 5.92 Å². The number of hydrogen-bond acceptors (Lipinski definition) is 5. The zero-order chi connectivity index (χ0) is 22.7. The van der Waals surface area contributed by atoms with Gasteiger partial charge in [0.1, 0.15) is 0 Å². The summed E-state index contributed by atoms with van der Waals surface area (Å²) < 4.78 is 27.4. The van der Waals surface area contributed by atoms with E-state index in [1.54, 1.807) is 34.9 Å². The summed E-state index contributed by atoms with van der Waals surface area (Å²) >= 11 is 1.60. The Morgan fingerprint density at radius 1 is 1.06 bits per heavy atom. The van der Waals surface area contributed by atoms with Crippen molar-refractivity contribution < 1.29 is 18.0 Å². The number of rotatable bonds is 6. The van der Waals surface area contributed by atoms with Gasteiger partial charge in [-0.2, -0.15) is 4.31 Å². The van der Waals surface area contributed by atoms with E-state index in [1.807, 2.05) is 30.5 Å². The number of nitrogens with one attached hydrogen (secondary N) is 1. The lowest BCUT2D eigenvalue weighted by Crippen LogP contribution is -2.35. The van der Waals surface area contributed by atoms with Crippen LogP contribution >= 0.6 is 11.8 Å². The first-order valence-corrected chi connectivity index (χ1v) is 13.4. The van der Waals surface area contributed by atoms with Gasteiger partial charge in [0.05, 0.1) is 10.8 Å². The van der Waals surface area contributed by atoms with Crippen LogP contribution in [0.5, 0.6) is 0 Å². The largest absolute Gasteiger partial charge is 0.326 e. The summed E-state index contributed by atoms with van der Waals surface area (Å²) in [5.41, 5.74) is 1.20. The van der Waals surface area contributed by atoms with E-state index in [0.29, 0.717) is 25.3 Å². The summed E-state index contributed by atoms with van der Waals surface area (Å²) in [6.07, 6.45) is 4.87. The molecule has 0 aliphatic carbocycles. The second kappa shape index (κ2) is 9.64. The van der Waals surface area contributed by atoms with Gasteiger partial charge in [-0.1, -0.05) is 18.6 Å². The highest BCUT2D eigenvalue weighted by molar-refractivity contribution is 7.98. The molecule has 2 amide bonds. The first-order chi connectivity index (χ1) is 15.4. The van der Waals surface area contributed by atoms with Gasteiger partial charge >= 0.3 is 0 Å². The molecule has 170 valence electrons. The summed E-state index contributed by atoms with van der Waals surface area (Å²) in [5.74, 6) is -0.873. The standard InChI is InChI=1S/C23H27N3O4S2/c1-31-20-9-6-8-19(15-20)26-16-17(13-22(26)27)23(28)24-18-7-5-10-21(14-18)32(29,30)25-11-3-2-4-12-25/h5-10,14-15,17H,2-4,11-13,16H2,1H3,(H,24,28). The molecule has 9 heteroatoms. The zero-order valence-electron chi connectivity index (χ0n) is 18.0. The predicted octanol–water partition coefficient (Wildman–Crippen LogP) is 3.57. The van der Waals surface area contributed by atoms with E-state index in [9.17, 15) is 18.0 Å². The number of anilines is 2. The van der Waals surface area contributed by atoms with Crippen molar-refractivity contribution in [2.45, 2.75) is 35.5 Å². The Morgan fingerprint density at radius 2 is 1.81 bits per heavy atom. The highest BCUT2D eigenvalue weighted by Crippen LogP contribution is 2.29. The number of piperidine rings is 1.